The molecule has 2 saturated heterocycles. The molecule has 0 amide bonds. The van der Waals surface area contributed by atoms with Crippen molar-refractivity contribution in [1.82, 2.24) is 14.7 Å². The summed E-state index contributed by atoms with van der Waals surface area (Å²) in [6.45, 7) is 6.87. The third-order valence-electron chi connectivity index (χ3n) is 3.32. The second-order valence-electron chi connectivity index (χ2n) is 4.79. The predicted octanol–water partition coefficient (Wildman–Crippen LogP) is 0.146. The third kappa shape index (κ3) is 3.12. The fourth-order valence-corrected chi connectivity index (χ4v) is 2.15. The summed E-state index contributed by atoms with van der Waals surface area (Å²) in [4.78, 5) is 7.00. The first-order valence-corrected chi connectivity index (χ1v) is 5.87. The molecule has 2 heterocycles. The Morgan fingerprint density at radius 2 is 1.67 bits per heavy atom. The molecule has 0 aliphatic carbocycles. The summed E-state index contributed by atoms with van der Waals surface area (Å²) in [5, 5.41) is 0. The van der Waals surface area contributed by atoms with Gasteiger partial charge in [-0.3, -0.25) is 0 Å². The summed E-state index contributed by atoms with van der Waals surface area (Å²) in [7, 11) is 4.36. The summed E-state index contributed by atoms with van der Waals surface area (Å²) < 4.78 is 0. The minimum absolute atomic E-state index is 0.606. The van der Waals surface area contributed by atoms with Crippen LogP contribution in [-0.4, -0.2) is 68.1 Å². The first-order valence-electron chi connectivity index (χ1n) is 5.87. The number of hydrogen-bond acceptors (Lipinski definition) is 3. The maximum atomic E-state index is 3.41. The highest BCUT2D eigenvalue weighted by atomic mass is 15.2. The molecule has 1 atom stereocenters. The van der Waals surface area contributed by atoms with Gasteiger partial charge in [0, 0.05) is 44.7 Å². The van der Waals surface area contributed by atoms with E-state index in [9.17, 15) is 0 Å². The highest BCUT2D eigenvalue weighted by Gasteiger charge is 2.17. The van der Waals surface area contributed by atoms with Crippen LogP contribution in [0.15, 0.2) is 0 Å². The normalized spacial score (nSPS) is 28.9. The van der Waals surface area contributed by atoms with Gasteiger partial charge in [-0.05, 0) is 27.1 Å². The van der Waals surface area contributed by atoms with Crippen molar-refractivity contribution in [1.29, 1.82) is 0 Å². The maximum Gasteiger partial charge on any atom is 0.0388 e. The largest absolute Gasteiger partial charge is 0.330 e. The Labute approximate surface area is 93.0 Å². The van der Waals surface area contributed by atoms with E-state index in [0.717, 1.165) is 32.7 Å². The zero-order valence-electron chi connectivity index (χ0n) is 9.87. The van der Waals surface area contributed by atoms with Gasteiger partial charge in [-0.1, -0.05) is 5.92 Å². The van der Waals surface area contributed by atoms with Crippen molar-refractivity contribution in [3.63, 3.8) is 0 Å². The Kier molecular flexibility index (Phi) is 3.50. The second kappa shape index (κ2) is 4.87. The van der Waals surface area contributed by atoms with Gasteiger partial charge in [0.1, 0.15) is 0 Å². The molecule has 2 rings (SSSR count). The zero-order chi connectivity index (χ0) is 10.7. The predicted molar refractivity (Wildman–Crippen MR) is 62.5 cm³/mol. The zero-order valence-corrected chi connectivity index (χ0v) is 9.87. The summed E-state index contributed by atoms with van der Waals surface area (Å²) in [6.07, 6.45) is 1.25. The maximum absolute atomic E-state index is 3.41. The summed E-state index contributed by atoms with van der Waals surface area (Å²) in [5.74, 6) is 4.02. The molecule has 2 fully saturated rings. The van der Waals surface area contributed by atoms with Crippen molar-refractivity contribution < 1.29 is 0 Å². The number of nitrogens with zero attached hydrogens (tertiary/aromatic N) is 3. The van der Waals surface area contributed by atoms with Gasteiger partial charge in [0.2, 0.25) is 0 Å². The van der Waals surface area contributed by atoms with Gasteiger partial charge < -0.3 is 14.7 Å². The van der Waals surface area contributed by atoms with Crippen LogP contribution in [0.1, 0.15) is 6.42 Å². The van der Waals surface area contributed by atoms with Gasteiger partial charge in [0.25, 0.3) is 0 Å². The van der Waals surface area contributed by atoms with E-state index in [1.54, 1.807) is 0 Å². The minimum Gasteiger partial charge on any atom is -0.330 e. The van der Waals surface area contributed by atoms with Crippen LogP contribution >= 0.6 is 0 Å². The highest BCUT2D eigenvalue weighted by Crippen LogP contribution is 2.12. The van der Waals surface area contributed by atoms with E-state index >= 15 is 0 Å². The summed E-state index contributed by atoms with van der Waals surface area (Å²) in [5.41, 5.74) is 0. The van der Waals surface area contributed by atoms with E-state index in [1.807, 2.05) is 0 Å². The number of hydrogen-bond donors (Lipinski definition) is 0. The average Bonchev–Trinajstić information content (AvgIpc) is 2.64. The van der Waals surface area contributed by atoms with Crippen LogP contribution in [0.3, 0.4) is 0 Å². The monoisotopic (exact) mass is 207 g/mol. The van der Waals surface area contributed by atoms with Gasteiger partial charge >= 0.3 is 0 Å². The number of piperazine rings is 1. The van der Waals surface area contributed by atoms with Crippen molar-refractivity contribution in [2.24, 2.45) is 5.92 Å². The van der Waals surface area contributed by atoms with Gasteiger partial charge in [0.15, 0.2) is 0 Å². The fraction of sp³-hybridized carbons (Fsp3) is 0.833. The van der Waals surface area contributed by atoms with Crippen molar-refractivity contribution in [3.05, 3.63) is 0 Å². The third-order valence-corrected chi connectivity index (χ3v) is 3.32. The molecule has 0 aromatic heterocycles. The van der Waals surface area contributed by atoms with Crippen molar-refractivity contribution in [3.8, 4) is 12.0 Å². The molecule has 0 saturated carbocycles. The molecule has 0 radical (unpaired) electrons. The van der Waals surface area contributed by atoms with Crippen molar-refractivity contribution in [2.45, 2.75) is 6.42 Å². The van der Waals surface area contributed by atoms with E-state index in [0.29, 0.717) is 5.92 Å². The van der Waals surface area contributed by atoms with Crippen LogP contribution in [0.2, 0.25) is 0 Å². The molecule has 1 unspecified atom stereocenters. The molecule has 3 heteroatoms. The van der Waals surface area contributed by atoms with Crippen LogP contribution < -0.4 is 0 Å². The molecule has 84 valence electrons. The number of likely N-dealkylation sites (N-methyl/N-ethyl adjacent to an activating group) is 1. The lowest BCUT2D eigenvalue weighted by Crippen LogP contribution is -2.42. The topological polar surface area (TPSA) is 9.72 Å². The van der Waals surface area contributed by atoms with Crippen LogP contribution in [-0.2, 0) is 0 Å². The van der Waals surface area contributed by atoms with E-state index in [-0.39, 0.29) is 0 Å². The fourth-order valence-electron chi connectivity index (χ4n) is 2.15. The molecular formula is C12H21N3. The van der Waals surface area contributed by atoms with Crippen molar-refractivity contribution >= 4 is 0 Å². The van der Waals surface area contributed by atoms with Crippen LogP contribution in [0.5, 0.6) is 0 Å². The Morgan fingerprint density at radius 1 is 0.933 bits per heavy atom. The Bertz CT molecular complexity index is 258. The first-order chi connectivity index (χ1) is 7.24. The standard InChI is InChI=1S/C12H21N3/c1-13-7-9-15(10-8-13)6-4-12-3-5-14(2)11-12/h12H,3,5,7-11H2,1-2H3. The van der Waals surface area contributed by atoms with E-state index in [4.69, 9.17) is 0 Å². The van der Waals surface area contributed by atoms with Gasteiger partial charge in [-0.25, -0.2) is 0 Å². The lowest BCUT2D eigenvalue weighted by atomic mass is 10.1. The summed E-state index contributed by atoms with van der Waals surface area (Å²) in [6, 6.07) is 3.33. The molecule has 15 heavy (non-hydrogen) atoms. The molecule has 0 aromatic carbocycles. The highest BCUT2D eigenvalue weighted by molar-refractivity contribution is 5.06. The molecule has 2 aliphatic rings. The average molecular weight is 207 g/mol. The molecular weight excluding hydrogens is 186 g/mol. The molecule has 3 nitrogen and oxygen atoms in total. The van der Waals surface area contributed by atoms with Crippen LogP contribution in [0.25, 0.3) is 0 Å². The molecule has 0 spiro atoms. The van der Waals surface area contributed by atoms with E-state index in [2.05, 4.69) is 40.8 Å². The quantitative estimate of drug-likeness (QED) is 0.523. The Morgan fingerprint density at radius 3 is 2.27 bits per heavy atom. The van der Waals surface area contributed by atoms with E-state index < -0.39 is 0 Å². The minimum atomic E-state index is 0.606. The van der Waals surface area contributed by atoms with Gasteiger partial charge in [-0.15, -0.1) is 0 Å². The lowest BCUT2D eigenvalue weighted by molar-refractivity contribution is 0.207. The van der Waals surface area contributed by atoms with Crippen LogP contribution in [0.4, 0.5) is 0 Å². The first kappa shape index (κ1) is 10.8. The van der Waals surface area contributed by atoms with E-state index in [1.165, 1.54) is 13.0 Å². The molecule has 0 N–H and O–H groups in total. The SMILES string of the molecule is CN1CCN(C#CC2CCN(C)C2)CC1. The molecule has 0 bridgehead atoms. The summed E-state index contributed by atoms with van der Waals surface area (Å²) >= 11 is 0. The Hall–Kier alpha value is -0.720. The lowest BCUT2D eigenvalue weighted by Gasteiger charge is -2.29. The van der Waals surface area contributed by atoms with Crippen molar-refractivity contribution in [2.75, 3.05) is 53.4 Å². The Balaban J connectivity index is 1.79. The smallest absolute Gasteiger partial charge is 0.0388 e. The number of rotatable bonds is 0. The van der Waals surface area contributed by atoms with Gasteiger partial charge in [0.05, 0.1) is 0 Å². The molecule has 2 aliphatic heterocycles. The van der Waals surface area contributed by atoms with Gasteiger partial charge in [-0.2, -0.15) is 0 Å². The number of likely N-dealkylation sites (tertiary alicyclic amines) is 1. The second-order valence-corrected chi connectivity index (χ2v) is 4.79. The molecule has 0 aromatic rings. The van der Waals surface area contributed by atoms with Crippen LogP contribution in [0, 0.1) is 17.9 Å².